The van der Waals surface area contributed by atoms with Crippen molar-refractivity contribution in [3.63, 3.8) is 0 Å². The number of carbonyl (C=O) groups excluding carboxylic acids is 2. The van der Waals surface area contributed by atoms with E-state index in [0.29, 0.717) is 12.0 Å². The minimum absolute atomic E-state index is 0.0499. The molecule has 2 N–H and O–H groups in total. The van der Waals surface area contributed by atoms with Gasteiger partial charge in [0.25, 0.3) is 0 Å². The monoisotopic (exact) mass is 587 g/mol. The zero-order valence-electron chi connectivity index (χ0n) is 27.6. The van der Waals surface area contributed by atoms with Crippen molar-refractivity contribution in [1.29, 1.82) is 0 Å². The van der Waals surface area contributed by atoms with E-state index < -0.39 is 18.1 Å². The van der Waals surface area contributed by atoms with E-state index in [2.05, 4.69) is 39.9 Å². The van der Waals surface area contributed by atoms with Gasteiger partial charge in [-0.05, 0) is 94.2 Å². The lowest BCUT2D eigenvalue weighted by Crippen LogP contribution is -2.37. The molecular weight excluding hydrogens is 530 g/mol. The Morgan fingerprint density at radius 2 is 1.52 bits per heavy atom. The third-order valence-corrected chi connectivity index (χ3v) is 9.19. The molecule has 1 aromatic carbocycles. The van der Waals surface area contributed by atoms with Crippen molar-refractivity contribution in [2.75, 3.05) is 0 Å². The van der Waals surface area contributed by atoms with E-state index >= 15 is 0 Å². The molecule has 4 unspecified atom stereocenters. The van der Waals surface area contributed by atoms with Gasteiger partial charge in [-0.15, -0.1) is 0 Å². The van der Waals surface area contributed by atoms with Crippen LogP contribution in [-0.2, 0) is 16.0 Å². The van der Waals surface area contributed by atoms with E-state index in [1.165, 1.54) is 44.9 Å². The van der Waals surface area contributed by atoms with Crippen molar-refractivity contribution in [1.82, 2.24) is 5.32 Å². The van der Waals surface area contributed by atoms with Crippen molar-refractivity contribution in [2.24, 2.45) is 17.8 Å². The van der Waals surface area contributed by atoms with Gasteiger partial charge in [0.05, 0.1) is 6.04 Å². The lowest BCUT2D eigenvalue weighted by atomic mass is 9.83. The quantitative estimate of drug-likeness (QED) is 0.101. The van der Waals surface area contributed by atoms with E-state index in [0.717, 1.165) is 71.4 Å². The van der Waals surface area contributed by atoms with E-state index in [-0.39, 0.29) is 18.4 Å². The lowest BCUT2D eigenvalue weighted by Gasteiger charge is -2.38. The smallest absolute Gasteiger partial charge is 0.405 e. The average molecular weight is 588 g/mol. The summed E-state index contributed by atoms with van der Waals surface area (Å²) in [6, 6.07) is -0.940. The van der Waals surface area contributed by atoms with Gasteiger partial charge in [-0.1, -0.05) is 72.6 Å². The van der Waals surface area contributed by atoms with E-state index in [1.54, 1.807) is 0 Å². The second kappa shape index (κ2) is 16.9. The first-order valence-electron chi connectivity index (χ1n) is 16.2. The first-order valence-corrected chi connectivity index (χ1v) is 16.2. The fourth-order valence-electron chi connectivity index (χ4n) is 6.18. The average Bonchev–Trinajstić information content (AvgIpc) is 2.91. The van der Waals surface area contributed by atoms with Gasteiger partial charge in [0.15, 0.2) is 0 Å². The van der Waals surface area contributed by atoms with E-state index in [1.807, 2.05) is 20.8 Å². The number of esters is 1. The highest BCUT2D eigenvalue weighted by Gasteiger charge is 2.35. The van der Waals surface area contributed by atoms with Crippen LogP contribution in [0.25, 0.3) is 0 Å². The van der Waals surface area contributed by atoms with Crippen molar-refractivity contribution in [2.45, 2.75) is 151 Å². The van der Waals surface area contributed by atoms with Gasteiger partial charge in [0.2, 0.25) is 0 Å². The minimum atomic E-state index is -1.30. The number of carboxylic acid groups (broad SMARTS) is 1. The molecule has 0 saturated carbocycles. The fourth-order valence-corrected chi connectivity index (χ4v) is 6.18. The highest BCUT2D eigenvalue weighted by atomic mass is 16.5. The molecule has 1 aliphatic rings. The van der Waals surface area contributed by atoms with Gasteiger partial charge in [0.1, 0.15) is 23.4 Å². The third-order valence-electron chi connectivity index (χ3n) is 9.19. The maximum atomic E-state index is 12.6. The fraction of sp³-hybridized carbons (Fsp3) is 0.743. The molecule has 4 atom stereocenters. The summed E-state index contributed by atoms with van der Waals surface area (Å²) in [6.07, 6.45) is 12.4. The largest absolute Gasteiger partial charge is 0.487 e. The molecule has 1 aliphatic heterocycles. The Balaban J connectivity index is 1.89. The van der Waals surface area contributed by atoms with Gasteiger partial charge < -0.3 is 24.7 Å². The van der Waals surface area contributed by atoms with Crippen LogP contribution >= 0.6 is 0 Å². The van der Waals surface area contributed by atoms with Crippen LogP contribution in [0.4, 0.5) is 4.79 Å². The zero-order chi connectivity index (χ0) is 31.4. The Morgan fingerprint density at radius 3 is 2.10 bits per heavy atom. The van der Waals surface area contributed by atoms with Gasteiger partial charge in [0, 0.05) is 12.0 Å². The maximum absolute atomic E-state index is 12.6. The Morgan fingerprint density at radius 1 is 0.929 bits per heavy atom. The maximum Gasteiger partial charge on any atom is 0.405 e. The number of nitrogens with one attached hydrogen (secondary N) is 1. The molecule has 0 radical (unpaired) electrons. The SMILES string of the molecule is Cc1c(C)c2c(c(C)c1OC(=O)CCC(C=O)NC(=O)O)CCC(C)(CCCC(C)CCCC(C)CCCC(C)C)O2. The zero-order valence-corrected chi connectivity index (χ0v) is 27.6. The number of fused-ring (bicyclic) bond motifs is 1. The van der Waals surface area contributed by atoms with Crippen LogP contribution in [-0.4, -0.2) is 35.1 Å². The Bertz CT molecular complexity index is 1050. The van der Waals surface area contributed by atoms with Crippen molar-refractivity contribution < 1.29 is 29.0 Å². The van der Waals surface area contributed by atoms with Crippen molar-refractivity contribution in [3.8, 4) is 11.5 Å². The molecule has 7 heteroatoms. The second-order valence-electron chi connectivity index (χ2n) is 13.6. The third kappa shape index (κ3) is 11.3. The molecule has 0 bridgehead atoms. The Kier molecular flexibility index (Phi) is 14.3. The highest BCUT2D eigenvalue weighted by molar-refractivity contribution is 5.76. The molecule has 42 heavy (non-hydrogen) atoms. The molecule has 2 rings (SSSR count). The summed E-state index contributed by atoms with van der Waals surface area (Å²) in [5, 5.41) is 10.9. The summed E-state index contributed by atoms with van der Waals surface area (Å²) >= 11 is 0. The molecule has 1 aromatic rings. The van der Waals surface area contributed by atoms with Crippen LogP contribution in [0.5, 0.6) is 11.5 Å². The molecule has 0 fully saturated rings. The number of carbonyl (C=O) groups is 3. The molecule has 0 aliphatic carbocycles. The number of amides is 1. The summed E-state index contributed by atoms with van der Waals surface area (Å²) in [4.78, 5) is 34.5. The molecule has 7 nitrogen and oxygen atoms in total. The van der Waals surface area contributed by atoms with Crippen LogP contribution in [0.3, 0.4) is 0 Å². The summed E-state index contributed by atoms with van der Waals surface area (Å²) in [7, 11) is 0. The van der Waals surface area contributed by atoms with Gasteiger partial charge in [-0.3, -0.25) is 4.79 Å². The molecule has 1 heterocycles. The lowest BCUT2D eigenvalue weighted by molar-refractivity contribution is -0.134. The molecular formula is C35H57NO6. The van der Waals surface area contributed by atoms with Crippen LogP contribution in [0.2, 0.25) is 0 Å². The number of ether oxygens (including phenoxy) is 2. The molecule has 0 saturated heterocycles. The van der Waals surface area contributed by atoms with Crippen LogP contribution < -0.4 is 14.8 Å². The molecule has 238 valence electrons. The van der Waals surface area contributed by atoms with Crippen LogP contribution in [0.1, 0.15) is 134 Å². The van der Waals surface area contributed by atoms with Crippen molar-refractivity contribution in [3.05, 3.63) is 22.3 Å². The summed E-state index contributed by atoms with van der Waals surface area (Å²) in [5.74, 6) is 3.35. The Labute approximate surface area is 254 Å². The van der Waals surface area contributed by atoms with Gasteiger partial charge in [-0.25, -0.2) is 4.79 Å². The minimum Gasteiger partial charge on any atom is -0.487 e. The highest BCUT2D eigenvalue weighted by Crippen LogP contribution is 2.45. The second-order valence-corrected chi connectivity index (χ2v) is 13.6. The van der Waals surface area contributed by atoms with Crippen molar-refractivity contribution >= 4 is 18.3 Å². The molecule has 0 spiro atoms. The first kappa shape index (κ1) is 35.6. The number of benzene rings is 1. The number of aldehydes is 1. The number of hydrogen-bond donors (Lipinski definition) is 2. The predicted molar refractivity (Wildman–Crippen MR) is 169 cm³/mol. The topological polar surface area (TPSA) is 102 Å². The summed E-state index contributed by atoms with van der Waals surface area (Å²) in [6.45, 7) is 17.6. The molecule has 1 amide bonds. The van der Waals surface area contributed by atoms with Gasteiger partial charge in [-0.2, -0.15) is 0 Å². The molecule has 0 aromatic heterocycles. The number of rotatable bonds is 18. The van der Waals surface area contributed by atoms with Gasteiger partial charge >= 0.3 is 12.1 Å². The van der Waals surface area contributed by atoms with Crippen LogP contribution in [0.15, 0.2) is 0 Å². The Hall–Kier alpha value is -2.57. The standard InChI is InChI=1S/C35H57NO6/c1-23(2)12-9-13-24(3)14-10-15-25(4)16-11-20-35(8)21-19-30-28(7)32(26(5)27(6)33(30)42-35)41-31(38)18-17-29(22-37)36-34(39)40/h22-25,29,36H,9-21H2,1-8H3,(H,39,40). The van der Waals surface area contributed by atoms with Crippen LogP contribution in [0, 0.1) is 38.5 Å². The van der Waals surface area contributed by atoms with E-state index in [9.17, 15) is 14.4 Å². The summed E-state index contributed by atoms with van der Waals surface area (Å²) < 4.78 is 12.5. The normalized spacial score (nSPS) is 18.5. The number of hydrogen-bond acceptors (Lipinski definition) is 5. The first-order chi connectivity index (χ1) is 19.8. The predicted octanol–water partition coefficient (Wildman–Crippen LogP) is 8.66. The summed E-state index contributed by atoms with van der Waals surface area (Å²) in [5.41, 5.74) is 3.64. The van der Waals surface area contributed by atoms with E-state index in [4.69, 9.17) is 14.6 Å².